The van der Waals surface area contributed by atoms with E-state index in [9.17, 15) is 0 Å². The molecule has 3 nitrogen and oxygen atoms in total. The lowest BCUT2D eigenvalue weighted by Crippen LogP contribution is -2.61. The average molecular weight is 956 g/mol. The van der Waals surface area contributed by atoms with Crippen molar-refractivity contribution in [1.29, 1.82) is 0 Å². The van der Waals surface area contributed by atoms with Crippen LogP contribution < -0.4 is 31.1 Å². The van der Waals surface area contributed by atoms with Crippen molar-refractivity contribution in [2.24, 2.45) is 0 Å². The minimum atomic E-state index is -0.0753. The lowest BCUT2D eigenvalue weighted by molar-refractivity contribution is 0.333. The Morgan fingerprint density at radius 1 is 0.528 bits per heavy atom. The van der Waals surface area contributed by atoms with Crippen LogP contribution in [0, 0.1) is 6.92 Å². The summed E-state index contributed by atoms with van der Waals surface area (Å²) in [6.07, 6.45) is 2.26. The SMILES string of the molecule is Cc1ccc2sc3c(c2c1)B1c2ccc4c(c2N(c2ccc(C(C)(C)C)cc2)c2cc(N(c5ccccc5)c5ccccc5)cc(c21)N3c1ccc(C(C)(C)C)cc1-c1ccccc1)C(C)(C)CCC4(C)C. The van der Waals surface area contributed by atoms with Crippen molar-refractivity contribution >= 4 is 95.0 Å². The van der Waals surface area contributed by atoms with Crippen molar-refractivity contribution in [2.75, 3.05) is 14.7 Å². The maximum Gasteiger partial charge on any atom is 0.254 e. The summed E-state index contributed by atoms with van der Waals surface area (Å²) >= 11 is 1.95. The number of benzene rings is 8. The third-order valence-electron chi connectivity index (χ3n) is 16.2. The summed E-state index contributed by atoms with van der Waals surface area (Å²) < 4.78 is 1.31. The molecule has 72 heavy (non-hydrogen) atoms. The van der Waals surface area contributed by atoms with E-state index in [1.807, 2.05) is 11.3 Å². The van der Waals surface area contributed by atoms with Crippen molar-refractivity contribution in [3.05, 3.63) is 204 Å². The van der Waals surface area contributed by atoms with E-state index in [0.717, 1.165) is 29.9 Å². The standard InChI is InChI=1S/C67H66BN3S/c1-43-27-36-58-52(39-43)60-63(72-58)71(55-35-30-46(65(5,6)7)40-51(55)44-21-15-12-16-22-44)57-42-50(69(47-23-17-13-18-24-47)48-25-19-14-20-26-48)41-56-61(57)68(60)54-34-33-53-59(67(10,11)38-37-66(53,8)9)62(54)70(56)49-31-28-45(29-32-49)64(2,3)4/h12-36,39-42H,37-38H2,1-11H3. The number of anilines is 9. The number of para-hydroxylation sites is 2. The molecule has 0 amide bonds. The first-order valence-electron chi connectivity index (χ1n) is 26.1. The smallest absolute Gasteiger partial charge is 0.254 e. The molecule has 0 saturated heterocycles. The molecule has 5 heteroatoms. The van der Waals surface area contributed by atoms with Gasteiger partial charge in [-0.1, -0.05) is 184 Å². The maximum absolute atomic E-state index is 2.71. The van der Waals surface area contributed by atoms with Crippen LogP contribution in [0.4, 0.5) is 50.5 Å². The molecule has 358 valence electrons. The predicted molar refractivity (Wildman–Crippen MR) is 313 cm³/mol. The number of thiophene rings is 1. The molecule has 8 aromatic carbocycles. The zero-order valence-corrected chi connectivity index (χ0v) is 44.8. The lowest BCUT2D eigenvalue weighted by atomic mass is 9.33. The summed E-state index contributed by atoms with van der Waals surface area (Å²) in [5, 5.41) is 2.63. The Labute approximate surface area is 432 Å². The molecule has 0 atom stereocenters. The molecule has 3 aliphatic rings. The molecule has 12 rings (SSSR count). The second kappa shape index (κ2) is 16.6. The average Bonchev–Trinajstić information content (AvgIpc) is 3.73. The van der Waals surface area contributed by atoms with E-state index in [2.05, 4.69) is 267 Å². The van der Waals surface area contributed by atoms with Gasteiger partial charge in [0.2, 0.25) is 0 Å². The molecule has 2 aliphatic heterocycles. The Morgan fingerprint density at radius 3 is 1.74 bits per heavy atom. The van der Waals surface area contributed by atoms with Crippen molar-refractivity contribution in [3.63, 3.8) is 0 Å². The monoisotopic (exact) mass is 956 g/mol. The Bertz CT molecular complexity index is 3520. The maximum atomic E-state index is 2.71. The van der Waals surface area contributed by atoms with Gasteiger partial charge in [0.25, 0.3) is 6.71 Å². The molecular formula is C67H66BN3S. The van der Waals surface area contributed by atoms with Crippen LogP contribution in [0.25, 0.3) is 21.2 Å². The second-order valence-electron chi connectivity index (χ2n) is 24.2. The largest absolute Gasteiger partial charge is 0.311 e. The summed E-state index contributed by atoms with van der Waals surface area (Å²) in [5.74, 6) is 0. The molecule has 0 N–H and O–H groups in total. The first kappa shape index (κ1) is 46.3. The molecule has 1 aromatic heterocycles. The quantitative estimate of drug-likeness (QED) is 0.154. The van der Waals surface area contributed by atoms with Gasteiger partial charge in [-0.2, -0.15) is 0 Å². The third kappa shape index (κ3) is 7.44. The fraction of sp³-hybridized carbons (Fsp3) is 0.254. The summed E-state index contributed by atoms with van der Waals surface area (Å²) in [5.41, 5.74) is 22.8. The fourth-order valence-corrected chi connectivity index (χ4v) is 13.5. The molecule has 3 heterocycles. The van der Waals surface area contributed by atoms with E-state index >= 15 is 0 Å². The van der Waals surface area contributed by atoms with Gasteiger partial charge in [0.15, 0.2) is 0 Å². The highest BCUT2D eigenvalue weighted by Crippen LogP contribution is 2.56. The number of nitrogens with zero attached hydrogens (tertiary/aromatic N) is 3. The van der Waals surface area contributed by atoms with E-state index in [1.54, 1.807) is 0 Å². The second-order valence-corrected chi connectivity index (χ2v) is 25.2. The first-order valence-corrected chi connectivity index (χ1v) is 26.9. The number of aryl methyl sites for hydroxylation is 1. The molecule has 9 aromatic rings. The molecule has 0 spiro atoms. The summed E-state index contributed by atoms with van der Waals surface area (Å²) in [6, 6.07) is 67.2. The highest BCUT2D eigenvalue weighted by Gasteiger charge is 2.50. The van der Waals surface area contributed by atoms with Gasteiger partial charge in [-0.05, 0) is 158 Å². The Kier molecular flexibility index (Phi) is 10.7. The minimum absolute atomic E-state index is 0.00754. The van der Waals surface area contributed by atoms with Crippen LogP contribution in [0.1, 0.15) is 110 Å². The molecule has 0 saturated carbocycles. The molecule has 0 radical (unpaired) electrons. The Hall–Kier alpha value is -6.82. The topological polar surface area (TPSA) is 9.72 Å². The molecule has 0 bridgehead atoms. The number of rotatable bonds is 6. The van der Waals surface area contributed by atoms with Crippen molar-refractivity contribution in [2.45, 2.75) is 111 Å². The van der Waals surface area contributed by atoms with E-state index in [1.165, 1.54) is 98.9 Å². The van der Waals surface area contributed by atoms with Crippen LogP contribution in [-0.2, 0) is 21.7 Å². The van der Waals surface area contributed by atoms with E-state index in [4.69, 9.17) is 0 Å². The van der Waals surface area contributed by atoms with E-state index in [0.29, 0.717) is 0 Å². The summed E-state index contributed by atoms with van der Waals surface area (Å²) in [7, 11) is 0. The van der Waals surface area contributed by atoms with Gasteiger partial charge in [-0.15, -0.1) is 11.3 Å². The number of fused-ring (bicyclic) bond motifs is 8. The van der Waals surface area contributed by atoms with Gasteiger partial charge in [0.05, 0.1) is 16.4 Å². The Balaban J connectivity index is 1.28. The lowest BCUT2D eigenvalue weighted by Gasteiger charge is -2.49. The number of hydrogen-bond donors (Lipinski definition) is 0. The van der Waals surface area contributed by atoms with Gasteiger partial charge >= 0.3 is 0 Å². The van der Waals surface area contributed by atoms with Gasteiger partial charge in [-0.3, -0.25) is 0 Å². The zero-order valence-electron chi connectivity index (χ0n) is 44.0. The summed E-state index contributed by atoms with van der Waals surface area (Å²) in [4.78, 5) is 7.85. The van der Waals surface area contributed by atoms with Crippen LogP contribution in [0.5, 0.6) is 0 Å². The molecule has 0 fully saturated rings. The zero-order chi connectivity index (χ0) is 50.1. The highest BCUT2D eigenvalue weighted by molar-refractivity contribution is 7.26. The molecule has 0 unspecified atom stereocenters. The first-order chi connectivity index (χ1) is 34.4. The van der Waals surface area contributed by atoms with Crippen LogP contribution >= 0.6 is 11.3 Å². The van der Waals surface area contributed by atoms with Gasteiger partial charge < -0.3 is 14.7 Å². The van der Waals surface area contributed by atoms with Crippen LogP contribution in [0.15, 0.2) is 176 Å². The van der Waals surface area contributed by atoms with Crippen molar-refractivity contribution in [1.82, 2.24) is 0 Å². The molecule has 1 aliphatic carbocycles. The van der Waals surface area contributed by atoms with Crippen molar-refractivity contribution in [3.8, 4) is 11.1 Å². The normalized spacial score (nSPS) is 15.5. The molecular weight excluding hydrogens is 890 g/mol. The van der Waals surface area contributed by atoms with Crippen LogP contribution in [0.2, 0.25) is 0 Å². The Morgan fingerprint density at radius 2 is 1.11 bits per heavy atom. The fourth-order valence-electron chi connectivity index (χ4n) is 12.2. The minimum Gasteiger partial charge on any atom is -0.311 e. The van der Waals surface area contributed by atoms with E-state index < -0.39 is 0 Å². The van der Waals surface area contributed by atoms with Gasteiger partial charge in [0, 0.05) is 44.4 Å². The van der Waals surface area contributed by atoms with Crippen LogP contribution in [0.3, 0.4) is 0 Å². The van der Waals surface area contributed by atoms with Crippen LogP contribution in [-0.4, -0.2) is 6.71 Å². The number of hydrogen-bond acceptors (Lipinski definition) is 4. The van der Waals surface area contributed by atoms with E-state index in [-0.39, 0.29) is 28.4 Å². The third-order valence-corrected chi connectivity index (χ3v) is 17.4. The van der Waals surface area contributed by atoms with Crippen molar-refractivity contribution < 1.29 is 0 Å². The summed E-state index contributed by atoms with van der Waals surface area (Å²) in [6.45, 7) is 26.1. The van der Waals surface area contributed by atoms with Gasteiger partial charge in [-0.25, -0.2) is 0 Å². The highest BCUT2D eigenvalue weighted by atomic mass is 32.1. The van der Waals surface area contributed by atoms with Gasteiger partial charge in [0.1, 0.15) is 0 Å². The predicted octanol–water partition coefficient (Wildman–Crippen LogP) is 17.4.